The van der Waals surface area contributed by atoms with Crippen LogP contribution in [0.5, 0.6) is 0 Å². The van der Waals surface area contributed by atoms with Crippen molar-refractivity contribution in [1.82, 2.24) is 9.97 Å². The van der Waals surface area contributed by atoms with Crippen molar-refractivity contribution in [2.45, 2.75) is 18.9 Å². The van der Waals surface area contributed by atoms with Gasteiger partial charge < -0.3 is 4.90 Å². The summed E-state index contributed by atoms with van der Waals surface area (Å²) in [4.78, 5) is 27.4. The second-order valence-corrected chi connectivity index (χ2v) is 5.03. The smallest absolute Gasteiger partial charge is 0.281 e. The highest BCUT2D eigenvalue weighted by Crippen LogP contribution is 2.37. The maximum Gasteiger partial charge on any atom is 0.281 e. The molecule has 2 aromatic rings. The minimum Gasteiger partial charge on any atom is -0.305 e. The van der Waals surface area contributed by atoms with Crippen molar-refractivity contribution in [2.24, 2.45) is 4.99 Å². The van der Waals surface area contributed by atoms with Gasteiger partial charge in [0.2, 0.25) is 0 Å². The number of rotatable bonds is 1. The molecule has 0 aromatic carbocycles. The predicted octanol–water partition coefficient (Wildman–Crippen LogP) is 0.961. The lowest BCUT2D eigenvalue weighted by Gasteiger charge is -2.22. The first-order valence-electron chi connectivity index (χ1n) is 6.57. The van der Waals surface area contributed by atoms with E-state index in [1.807, 2.05) is 4.90 Å². The summed E-state index contributed by atoms with van der Waals surface area (Å²) in [5, 5.41) is 1.27. The quantitative estimate of drug-likeness (QED) is 0.770. The molecule has 0 radical (unpaired) electrons. The topological polar surface area (TPSA) is 58.5 Å². The van der Waals surface area contributed by atoms with Gasteiger partial charge in [0.1, 0.15) is 11.2 Å². The number of anilines is 2. The van der Waals surface area contributed by atoms with E-state index in [1.165, 1.54) is 0 Å². The van der Waals surface area contributed by atoms with Crippen LogP contribution in [-0.4, -0.2) is 21.9 Å². The van der Waals surface area contributed by atoms with E-state index in [1.54, 1.807) is 30.6 Å². The molecule has 0 N–H and O–H groups in total. The minimum atomic E-state index is -0.282. The Morgan fingerprint density at radius 2 is 1.95 bits per heavy atom. The number of hydrogen-bond donors (Lipinski definition) is 0. The summed E-state index contributed by atoms with van der Waals surface area (Å²) < 4.78 is 0. The molecule has 1 fully saturated rings. The molecule has 0 saturated heterocycles. The van der Waals surface area contributed by atoms with Crippen LogP contribution in [0.1, 0.15) is 23.2 Å². The summed E-state index contributed by atoms with van der Waals surface area (Å²) in [7, 11) is 0. The van der Waals surface area contributed by atoms with Crippen molar-refractivity contribution in [3.8, 4) is 0 Å². The average Bonchev–Trinajstić information content (AvgIpc) is 3.27. The first kappa shape index (κ1) is 11.3. The molecule has 1 aliphatic carbocycles. The monoisotopic (exact) mass is 264 g/mol. The SMILES string of the molecule is C=c1ccnc2c1=NC(=O)c1cccnc1N2C1CC1. The summed E-state index contributed by atoms with van der Waals surface area (Å²) in [5.74, 6) is 1.06. The molecule has 98 valence electrons. The number of aromatic nitrogens is 2. The number of hydrogen-bond acceptors (Lipinski definition) is 4. The fourth-order valence-corrected chi connectivity index (χ4v) is 2.48. The van der Waals surface area contributed by atoms with Gasteiger partial charge in [-0.2, -0.15) is 0 Å². The molecule has 4 rings (SSSR count). The van der Waals surface area contributed by atoms with E-state index in [2.05, 4.69) is 21.5 Å². The predicted molar refractivity (Wildman–Crippen MR) is 74.3 cm³/mol. The van der Waals surface area contributed by atoms with Crippen molar-refractivity contribution in [3.63, 3.8) is 0 Å². The van der Waals surface area contributed by atoms with Crippen molar-refractivity contribution in [3.05, 3.63) is 46.7 Å². The molecular weight excluding hydrogens is 252 g/mol. The van der Waals surface area contributed by atoms with Gasteiger partial charge in [-0.05, 0) is 36.3 Å². The third kappa shape index (κ3) is 1.56. The largest absolute Gasteiger partial charge is 0.305 e. The summed E-state index contributed by atoms with van der Waals surface area (Å²) in [6.45, 7) is 3.95. The lowest BCUT2D eigenvalue weighted by Crippen LogP contribution is -2.34. The Morgan fingerprint density at radius 3 is 2.75 bits per heavy atom. The van der Waals surface area contributed by atoms with Gasteiger partial charge in [-0.15, -0.1) is 0 Å². The first-order chi connectivity index (χ1) is 9.75. The van der Waals surface area contributed by atoms with E-state index in [0.29, 0.717) is 33.8 Å². The van der Waals surface area contributed by atoms with Crippen LogP contribution >= 0.6 is 0 Å². The summed E-state index contributed by atoms with van der Waals surface area (Å²) in [6.07, 6.45) is 5.55. The molecule has 20 heavy (non-hydrogen) atoms. The Kier molecular flexibility index (Phi) is 2.24. The van der Waals surface area contributed by atoms with Gasteiger partial charge in [0.15, 0.2) is 5.82 Å². The van der Waals surface area contributed by atoms with Gasteiger partial charge in [-0.1, -0.05) is 6.58 Å². The molecule has 0 spiro atoms. The van der Waals surface area contributed by atoms with Crippen LogP contribution in [0.25, 0.3) is 6.58 Å². The standard InChI is InChI=1S/C15H12N4O/c1-9-6-8-17-14-12(9)18-15(20)11-3-2-7-16-13(11)19(14)10-4-5-10/h2-3,6-8,10H,1,4-5H2. The maximum absolute atomic E-state index is 12.3. The van der Waals surface area contributed by atoms with E-state index >= 15 is 0 Å². The fraction of sp³-hybridized carbons (Fsp3) is 0.200. The molecule has 3 heterocycles. The highest BCUT2D eigenvalue weighted by Gasteiger charge is 2.36. The molecule has 2 aromatic heterocycles. The van der Waals surface area contributed by atoms with Gasteiger partial charge in [0.25, 0.3) is 5.91 Å². The fourth-order valence-electron chi connectivity index (χ4n) is 2.48. The maximum atomic E-state index is 12.3. The third-order valence-electron chi connectivity index (χ3n) is 3.59. The molecular formula is C15H12N4O. The van der Waals surface area contributed by atoms with Crippen LogP contribution < -0.4 is 15.5 Å². The molecule has 1 amide bonds. The van der Waals surface area contributed by atoms with E-state index in [9.17, 15) is 4.79 Å². The number of carbonyl (C=O) groups excluding carboxylic acids is 1. The van der Waals surface area contributed by atoms with Gasteiger partial charge in [0.05, 0.1) is 5.56 Å². The van der Waals surface area contributed by atoms with Crippen LogP contribution in [0, 0.1) is 0 Å². The Balaban J connectivity index is 2.10. The lowest BCUT2D eigenvalue weighted by molar-refractivity contribution is 0.0999. The van der Waals surface area contributed by atoms with E-state index < -0.39 is 0 Å². The zero-order valence-electron chi connectivity index (χ0n) is 10.8. The van der Waals surface area contributed by atoms with Crippen molar-refractivity contribution in [2.75, 3.05) is 4.90 Å². The average molecular weight is 264 g/mol. The van der Waals surface area contributed by atoms with Crippen LogP contribution in [-0.2, 0) is 0 Å². The molecule has 0 unspecified atom stereocenters. The third-order valence-corrected chi connectivity index (χ3v) is 3.59. The summed E-state index contributed by atoms with van der Waals surface area (Å²) >= 11 is 0. The second-order valence-electron chi connectivity index (χ2n) is 5.03. The van der Waals surface area contributed by atoms with E-state index in [-0.39, 0.29) is 5.91 Å². The van der Waals surface area contributed by atoms with E-state index in [4.69, 9.17) is 0 Å². The highest BCUT2D eigenvalue weighted by atomic mass is 16.1. The summed E-state index contributed by atoms with van der Waals surface area (Å²) in [5.41, 5.74) is 0.525. The van der Waals surface area contributed by atoms with Gasteiger partial charge in [-0.3, -0.25) is 4.79 Å². The number of pyridine rings is 2. The zero-order valence-corrected chi connectivity index (χ0v) is 10.8. The minimum absolute atomic E-state index is 0.282. The highest BCUT2D eigenvalue weighted by molar-refractivity contribution is 6.01. The Bertz CT molecular complexity index is 826. The van der Waals surface area contributed by atoms with E-state index in [0.717, 1.165) is 12.8 Å². The normalized spacial score (nSPS) is 17.0. The second kappa shape index (κ2) is 3.96. The van der Waals surface area contributed by atoms with Crippen LogP contribution in [0.4, 0.5) is 11.6 Å². The van der Waals surface area contributed by atoms with Crippen molar-refractivity contribution < 1.29 is 4.79 Å². The Labute approximate surface area is 115 Å². The van der Waals surface area contributed by atoms with Gasteiger partial charge >= 0.3 is 0 Å². The summed E-state index contributed by atoms with van der Waals surface area (Å²) in [6, 6.07) is 5.63. The number of nitrogens with zero attached hydrogens (tertiary/aromatic N) is 4. The molecule has 5 heteroatoms. The van der Waals surface area contributed by atoms with Crippen LogP contribution in [0.3, 0.4) is 0 Å². The van der Waals surface area contributed by atoms with Crippen molar-refractivity contribution in [1.29, 1.82) is 0 Å². The molecule has 0 atom stereocenters. The number of carbonyl (C=O) groups is 1. The lowest BCUT2D eigenvalue weighted by atomic mass is 10.2. The molecule has 0 bridgehead atoms. The zero-order chi connectivity index (χ0) is 13.7. The molecule has 1 saturated carbocycles. The molecule has 5 nitrogen and oxygen atoms in total. The van der Waals surface area contributed by atoms with Crippen LogP contribution in [0.15, 0.2) is 35.6 Å². The van der Waals surface area contributed by atoms with Crippen molar-refractivity contribution >= 4 is 24.1 Å². The van der Waals surface area contributed by atoms with Gasteiger partial charge in [-0.25, -0.2) is 15.0 Å². The van der Waals surface area contributed by atoms with Crippen LogP contribution in [0.2, 0.25) is 0 Å². The first-order valence-corrected chi connectivity index (χ1v) is 6.57. The van der Waals surface area contributed by atoms with Gasteiger partial charge in [0, 0.05) is 18.4 Å². The Morgan fingerprint density at radius 1 is 1.15 bits per heavy atom. The number of amides is 1. The molecule has 1 aliphatic heterocycles. The Hall–Kier alpha value is -2.56. The number of fused-ring (bicyclic) bond motifs is 2. The molecule has 2 aliphatic rings.